The van der Waals surface area contributed by atoms with E-state index in [1.54, 1.807) is 6.74 Å². The van der Waals surface area contributed by atoms with E-state index < -0.39 is 0 Å². The Labute approximate surface area is 114 Å². The molecule has 7 heteroatoms. The summed E-state index contributed by atoms with van der Waals surface area (Å²) < 4.78 is 6.71. The predicted molar refractivity (Wildman–Crippen MR) is 66.9 cm³/mol. The van der Waals surface area contributed by atoms with E-state index in [1.165, 1.54) is 30.2 Å². The Balaban J connectivity index is 1.95. The zero-order chi connectivity index (χ0) is 9.54. The van der Waals surface area contributed by atoms with Crippen molar-refractivity contribution in [2.24, 2.45) is 0 Å². The SMILES string of the molecule is O=c1sc2c(s1)[Se]C(=C1[Se]C=C[Se]1)[Se]2. The molecule has 1 aromatic heterocycles. The van der Waals surface area contributed by atoms with E-state index in [0.29, 0.717) is 63.9 Å². The molecule has 0 aromatic carbocycles. The van der Waals surface area contributed by atoms with Gasteiger partial charge in [0, 0.05) is 0 Å². The molecule has 0 radical (unpaired) electrons. The molecule has 1 aromatic rings. The van der Waals surface area contributed by atoms with Crippen LogP contribution in [0.4, 0.5) is 0 Å². The molecule has 14 heavy (non-hydrogen) atoms. The summed E-state index contributed by atoms with van der Waals surface area (Å²) in [5.41, 5.74) is 0. The molecule has 0 saturated heterocycles. The van der Waals surface area contributed by atoms with Gasteiger partial charge in [-0.15, -0.1) is 0 Å². The maximum atomic E-state index is 11.2. The number of rotatable bonds is 0. The van der Waals surface area contributed by atoms with Crippen LogP contribution in [0.2, 0.25) is 0 Å². The van der Waals surface area contributed by atoms with Gasteiger partial charge in [0.2, 0.25) is 0 Å². The van der Waals surface area contributed by atoms with Crippen molar-refractivity contribution in [1.29, 1.82) is 0 Å². The standard InChI is InChI=1S/C7H2OS2Se4/c8-7-9-3-4(10-7)14-6(13-3)5-11-1-2-12-5/h1-2H. The van der Waals surface area contributed by atoms with Crippen LogP contribution in [0, 0.1) is 0 Å². The zero-order valence-electron chi connectivity index (χ0n) is 6.51. The summed E-state index contributed by atoms with van der Waals surface area (Å²) in [4.78, 5) is 15.9. The van der Waals surface area contributed by atoms with E-state index in [1.807, 2.05) is 0 Å². The Morgan fingerprint density at radius 1 is 0.929 bits per heavy atom. The van der Waals surface area contributed by atoms with Gasteiger partial charge in [-0.1, -0.05) is 0 Å². The van der Waals surface area contributed by atoms with Gasteiger partial charge in [0.25, 0.3) is 0 Å². The van der Waals surface area contributed by atoms with Crippen molar-refractivity contribution in [3.8, 4) is 0 Å². The van der Waals surface area contributed by atoms with Gasteiger partial charge in [0.05, 0.1) is 0 Å². The van der Waals surface area contributed by atoms with E-state index in [0.717, 1.165) is 0 Å². The van der Waals surface area contributed by atoms with Crippen LogP contribution in [-0.2, 0) is 0 Å². The normalized spacial score (nSPS) is 19.4. The van der Waals surface area contributed by atoms with Gasteiger partial charge in [-0.2, -0.15) is 0 Å². The molecule has 1 nitrogen and oxygen atoms in total. The van der Waals surface area contributed by atoms with Crippen molar-refractivity contribution in [3.63, 3.8) is 0 Å². The van der Waals surface area contributed by atoms with Crippen LogP contribution < -0.4 is 11.6 Å². The van der Waals surface area contributed by atoms with E-state index in [4.69, 9.17) is 0 Å². The topological polar surface area (TPSA) is 17.1 Å². The van der Waals surface area contributed by atoms with E-state index in [2.05, 4.69) is 9.95 Å². The minimum absolute atomic E-state index is 0.309. The molecule has 0 spiro atoms. The summed E-state index contributed by atoms with van der Waals surface area (Å²) in [6.45, 7) is 0. The van der Waals surface area contributed by atoms with Crippen molar-refractivity contribution in [3.05, 3.63) is 25.5 Å². The molecule has 3 heterocycles. The Kier molecular flexibility index (Phi) is 3.28. The Morgan fingerprint density at radius 2 is 1.50 bits per heavy atom. The van der Waals surface area contributed by atoms with Gasteiger partial charge < -0.3 is 0 Å². The van der Waals surface area contributed by atoms with Gasteiger partial charge >= 0.3 is 116 Å². The van der Waals surface area contributed by atoms with Crippen molar-refractivity contribution in [1.82, 2.24) is 0 Å². The Morgan fingerprint density at radius 3 is 2.07 bits per heavy atom. The molecule has 2 aliphatic heterocycles. The number of hydrogen-bond donors (Lipinski definition) is 0. The Hall–Kier alpha value is 1.41. The van der Waals surface area contributed by atoms with E-state index in [9.17, 15) is 4.79 Å². The summed E-state index contributed by atoms with van der Waals surface area (Å²) in [5, 5.41) is 0. The molecule has 72 valence electrons. The van der Waals surface area contributed by atoms with Crippen LogP contribution in [0.1, 0.15) is 0 Å². The second-order valence-corrected chi connectivity index (χ2v) is 16.5. The van der Waals surface area contributed by atoms with Crippen LogP contribution in [0.15, 0.2) is 21.5 Å². The first-order valence-corrected chi connectivity index (χ1v) is 12.3. The van der Waals surface area contributed by atoms with Gasteiger partial charge in [0.1, 0.15) is 0 Å². The zero-order valence-corrected chi connectivity index (χ0v) is 15.0. The number of hydrogen-bond acceptors (Lipinski definition) is 3. The molecule has 0 atom stereocenters. The second-order valence-electron chi connectivity index (χ2n) is 2.32. The molecule has 0 aliphatic carbocycles. The molecule has 0 saturated carbocycles. The summed E-state index contributed by atoms with van der Waals surface area (Å²) in [6, 6.07) is 0. The first kappa shape index (κ1) is 10.6. The summed E-state index contributed by atoms with van der Waals surface area (Å²) in [7, 11) is 0. The van der Waals surface area contributed by atoms with Gasteiger partial charge in [-0.05, 0) is 0 Å². The van der Waals surface area contributed by atoms with E-state index >= 15 is 0 Å². The van der Waals surface area contributed by atoms with Gasteiger partial charge in [-0.3, -0.25) is 0 Å². The fraction of sp³-hybridized carbons (Fsp3) is 0. The van der Waals surface area contributed by atoms with Crippen LogP contribution in [0.5, 0.6) is 0 Å². The number of fused-ring (bicyclic) bond motifs is 1. The molecular weight excluding hydrogens is 480 g/mol. The second kappa shape index (κ2) is 4.35. The summed E-state index contributed by atoms with van der Waals surface area (Å²) >= 11 is 5.40. The molecule has 3 rings (SSSR count). The fourth-order valence-electron chi connectivity index (χ4n) is 0.956. The van der Waals surface area contributed by atoms with Crippen LogP contribution in [0.25, 0.3) is 0 Å². The third-order valence-electron chi connectivity index (χ3n) is 1.46. The summed E-state index contributed by atoms with van der Waals surface area (Å²) in [5.74, 6) is 0. The molecule has 0 bridgehead atoms. The first-order valence-electron chi connectivity index (χ1n) is 3.55. The van der Waals surface area contributed by atoms with Crippen LogP contribution in [-0.4, -0.2) is 59.8 Å². The van der Waals surface area contributed by atoms with Crippen molar-refractivity contribution in [2.45, 2.75) is 0 Å². The molecule has 0 unspecified atom stereocenters. The van der Waals surface area contributed by atoms with Gasteiger partial charge in [-0.25, -0.2) is 0 Å². The van der Waals surface area contributed by atoms with Crippen molar-refractivity contribution >= 4 is 90.1 Å². The Bertz CT molecular complexity index is 460. The molecule has 0 fully saturated rings. The molecule has 0 N–H and O–H groups in total. The third kappa shape index (κ3) is 1.97. The average Bonchev–Trinajstić information content (AvgIpc) is 2.74. The fourth-order valence-corrected chi connectivity index (χ4v) is 20.6. The molecule has 0 amide bonds. The van der Waals surface area contributed by atoms with Crippen molar-refractivity contribution in [2.75, 3.05) is 0 Å². The molecular formula is C7H2OS2Se4. The average molecular weight is 482 g/mol. The monoisotopic (exact) mass is 486 g/mol. The predicted octanol–water partition coefficient (Wildman–Crippen LogP) is -1.14. The minimum atomic E-state index is 0.309. The summed E-state index contributed by atoms with van der Waals surface area (Å²) in [6.07, 6.45) is 0. The van der Waals surface area contributed by atoms with Crippen LogP contribution >= 0.6 is 22.7 Å². The maximum absolute atomic E-state index is 11.2. The van der Waals surface area contributed by atoms with E-state index in [-0.39, 0.29) is 0 Å². The first-order chi connectivity index (χ1) is 6.83. The third-order valence-corrected chi connectivity index (χ3v) is 19.9. The van der Waals surface area contributed by atoms with Crippen molar-refractivity contribution < 1.29 is 0 Å². The van der Waals surface area contributed by atoms with Crippen LogP contribution in [0.3, 0.4) is 0 Å². The van der Waals surface area contributed by atoms with Gasteiger partial charge in [0.15, 0.2) is 0 Å². The molecule has 2 aliphatic rings. The quantitative estimate of drug-likeness (QED) is 0.428.